The summed E-state index contributed by atoms with van der Waals surface area (Å²) in [7, 11) is 0. The lowest BCUT2D eigenvalue weighted by Gasteiger charge is -2.02. The molecule has 0 aliphatic carbocycles. The molecule has 0 unspecified atom stereocenters. The molecule has 16 heavy (non-hydrogen) atoms. The fourth-order valence-electron chi connectivity index (χ4n) is 1.20. The van der Waals surface area contributed by atoms with Crippen LogP contribution in [-0.2, 0) is 6.54 Å². The van der Waals surface area contributed by atoms with Crippen molar-refractivity contribution in [3.05, 3.63) is 52.2 Å². The van der Waals surface area contributed by atoms with Crippen LogP contribution in [0, 0.1) is 5.95 Å². The predicted octanol–water partition coefficient (Wildman–Crippen LogP) is 2.21. The molecule has 5 heteroatoms. The Morgan fingerprint density at radius 1 is 1.44 bits per heavy atom. The van der Waals surface area contributed by atoms with E-state index < -0.39 is 5.95 Å². The summed E-state index contributed by atoms with van der Waals surface area (Å²) in [5.74, 6) is -1.02. The first-order valence-electron chi connectivity index (χ1n) is 4.67. The van der Waals surface area contributed by atoms with Crippen molar-refractivity contribution < 1.29 is 9.18 Å². The predicted molar refractivity (Wildman–Crippen MR) is 59.7 cm³/mol. The van der Waals surface area contributed by atoms with Crippen molar-refractivity contribution in [3.8, 4) is 0 Å². The second kappa shape index (κ2) is 4.85. The minimum absolute atomic E-state index is 0.0928. The van der Waals surface area contributed by atoms with Gasteiger partial charge in [-0.2, -0.15) is 15.7 Å². The van der Waals surface area contributed by atoms with Gasteiger partial charge in [-0.1, -0.05) is 6.07 Å². The van der Waals surface area contributed by atoms with Crippen LogP contribution in [0.15, 0.2) is 35.0 Å². The maximum atomic E-state index is 12.8. The number of rotatable bonds is 3. The van der Waals surface area contributed by atoms with Crippen molar-refractivity contribution in [1.29, 1.82) is 0 Å². The minimum atomic E-state index is -0.650. The zero-order valence-corrected chi connectivity index (χ0v) is 9.13. The van der Waals surface area contributed by atoms with Crippen LogP contribution < -0.4 is 5.32 Å². The number of nitrogens with zero attached hydrogens (tertiary/aromatic N) is 1. The van der Waals surface area contributed by atoms with Crippen LogP contribution in [0.3, 0.4) is 0 Å². The molecule has 0 aliphatic heterocycles. The van der Waals surface area contributed by atoms with Gasteiger partial charge in [0.25, 0.3) is 5.91 Å². The molecule has 0 atom stereocenters. The van der Waals surface area contributed by atoms with E-state index in [9.17, 15) is 9.18 Å². The van der Waals surface area contributed by atoms with Gasteiger partial charge in [0.05, 0.1) is 0 Å². The van der Waals surface area contributed by atoms with E-state index in [4.69, 9.17) is 0 Å². The minimum Gasteiger partial charge on any atom is -0.347 e. The maximum absolute atomic E-state index is 12.8. The molecule has 82 valence electrons. The number of carbonyl (C=O) groups excluding carboxylic acids is 1. The first-order chi connectivity index (χ1) is 7.75. The lowest BCUT2D eigenvalue weighted by atomic mass is 10.3. The second-order valence-electron chi connectivity index (χ2n) is 3.16. The van der Waals surface area contributed by atoms with Crippen LogP contribution >= 0.6 is 11.3 Å². The molecule has 2 heterocycles. The average molecular weight is 236 g/mol. The summed E-state index contributed by atoms with van der Waals surface area (Å²) in [6.45, 7) is 0.431. The smallest absolute Gasteiger partial charge is 0.270 e. The lowest BCUT2D eigenvalue weighted by molar-refractivity contribution is 0.0945. The normalized spacial score (nSPS) is 10.1. The molecule has 2 rings (SSSR count). The quantitative estimate of drug-likeness (QED) is 0.830. The summed E-state index contributed by atoms with van der Waals surface area (Å²) < 4.78 is 12.8. The lowest BCUT2D eigenvalue weighted by Crippen LogP contribution is -2.23. The van der Waals surface area contributed by atoms with E-state index in [1.54, 1.807) is 11.3 Å². The van der Waals surface area contributed by atoms with Gasteiger partial charge in [-0.3, -0.25) is 4.79 Å². The first kappa shape index (κ1) is 10.8. The van der Waals surface area contributed by atoms with Crippen molar-refractivity contribution in [1.82, 2.24) is 10.3 Å². The molecule has 0 aliphatic rings. The third kappa shape index (κ3) is 2.64. The number of amides is 1. The highest BCUT2D eigenvalue weighted by Gasteiger charge is 2.07. The van der Waals surface area contributed by atoms with Gasteiger partial charge in [-0.25, -0.2) is 4.98 Å². The number of halogens is 1. The molecule has 0 aromatic carbocycles. The molecule has 2 aromatic heterocycles. The summed E-state index contributed by atoms with van der Waals surface area (Å²) >= 11 is 1.56. The molecule has 2 aromatic rings. The van der Waals surface area contributed by atoms with E-state index in [1.165, 1.54) is 18.2 Å². The molecular formula is C11H9FN2OS. The van der Waals surface area contributed by atoms with E-state index in [2.05, 4.69) is 10.3 Å². The van der Waals surface area contributed by atoms with E-state index in [1.807, 2.05) is 16.8 Å². The van der Waals surface area contributed by atoms with Gasteiger partial charge in [-0.15, -0.1) is 0 Å². The zero-order chi connectivity index (χ0) is 11.4. The number of pyridine rings is 1. The van der Waals surface area contributed by atoms with Crippen molar-refractivity contribution in [2.45, 2.75) is 6.54 Å². The second-order valence-corrected chi connectivity index (χ2v) is 3.94. The van der Waals surface area contributed by atoms with Crippen molar-refractivity contribution in [2.24, 2.45) is 0 Å². The molecule has 3 nitrogen and oxygen atoms in total. The van der Waals surface area contributed by atoms with Gasteiger partial charge < -0.3 is 5.32 Å². The third-order valence-electron chi connectivity index (χ3n) is 1.98. The SMILES string of the molecule is O=C(NCc1ccsc1)c1cccc(F)n1. The Kier molecular flexibility index (Phi) is 3.26. The van der Waals surface area contributed by atoms with Gasteiger partial charge in [-0.05, 0) is 34.5 Å². The molecule has 1 amide bonds. The standard InChI is InChI=1S/C11H9FN2OS/c12-10-3-1-2-9(14-10)11(15)13-6-8-4-5-16-7-8/h1-5,7H,6H2,(H,13,15). The topological polar surface area (TPSA) is 42.0 Å². The molecule has 0 saturated carbocycles. The molecule has 0 saturated heterocycles. The van der Waals surface area contributed by atoms with Gasteiger partial charge in [0.2, 0.25) is 5.95 Å². The summed E-state index contributed by atoms with van der Waals surface area (Å²) in [4.78, 5) is 15.1. The number of carbonyl (C=O) groups is 1. The van der Waals surface area contributed by atoms with Gasteiger partial charge in [0, 0.05) is 6.54 Å². The molecule has 1 N–H and O–H groups in total. The number of aromatic nitrogens is 1. The molecule has 0 bridgehead atoms. The van der Waals surface area contributed by atoms with E-state index in [0.717, 1.165) is 5.56 Å². The Morgan fingerprint density at radius 3 is 3.00 bits per heavy atom. The number of nitrogens with one attached hydrogen (secondary N) is 1. The highest BCUT2D eigenvalue weighted by molar-refractivity contribution is 7.07. The Bertz CT molecular complexity index is 484. The van der Waals surface area contributed by atoms with Crippen molar-refractivity contribution in [3.63, 3.8) is 0 Å². The first-order valence-corrected chi connectivity index (χ1v) is 5.62. The Balaban J connectivity index is 1.98. The average Bonchev–Trinajstić information content (AvgIpc) is 2.78. The molecule has 0 radical (unpaired) electrons. The van der Waals surface area contributed by atoms with Crippen LogP contribution in [0.2, 0.25) is 0 Å². The molecule has 0 fully saturated rings. The van der Waals surface area contributed by atoms with Crippen LogP contribution in [-0.4, -0.2) is 10.9 Å². The van der Waals surface area contributed by atoms with Crippen molar-refractivity contribution >= 4 is 17.2 Å². The Morgan fingerprint density at radius 2 is 2.31 bits per heavy atom. The number of hydrogen-bond acceptors (Lipinski definition) is 3. The summed E-state index contributed by atoms with van der Waals surface area (Å²) in [6, 6.07) is 6.06. The maximum Gasteiger partial charge on any atom is 0.270 e. The summed E-state index contributed by atoms with van der Waals surface area (Å²) in [5.41, 5.74) is 1.12. The van der Waals surface area contributed by atoms with Gasteiger partial charge in [0.15, 0.2) is 0 Å². The van der Waals surface area contributed by atoms with Crippen LogP contribution in [0.5, 0.6) is 0 Å². The van der Waals surface area contributed by atoms with E-state index >= 15 is 0 Å². The zero-order valence-electron chi connectivity index (χ0n) is 8.31. The highest BCUT2D eigenvalue weighted by atomic mass is 32.1. The Hall–Kier alpha value is -1.75. The summed E-state index contributed by atoms with van der Waals surface area (Å²) in [5, 5.41) is 6.54. The highest BCUT2D eigenvalue weighted by Crippen LogP contribution is 2.05. The van der Waals surface area contributed by atoms with Crippen LogP contribution in [0.1, 0.15) is 16.1 Å². The van der Waals surface area contributed by atoms with E-state index in [0.29, 0.717) is 6.54 Å². The number of thiophene rings is 1. The van der Waals surface area contributed by atoms with Crippen LogP contribution in [0.4, 0.5) is 4.39 Å². The monoisotopic (exact) mass is 236 g/mol. The van der Waals surface area contributed by atoms with Crippen molar-refractivity contribution in [2.75, 3.05) is 0 Å². The Labute approximate surface area is 96.0 Å². The largest absolute Gasteiger partial charge is 0.347 e. The van der Waals surface area contributed by atoms with Gasteiger partial charge >= 0.3 is 0 Å². The van der Waals surface area contributed by atoms with Gasteiger partial charge in [0.1, 0.15) is 5.69 Å². The molecule has 0 spiro atoms. The fraction of sp³-hybridized carbons (Fsp3) is 0.0909. The molecular weight excluding hydrogens is 227 g/mol. The van der Waals surface area contributed by atoms with Crippen LogP contribution in [0.25, 0.3) is 0 Å². The fourth-order valence-corrected chi connectivity index (χ4v) is 1.87. The number of hydrogen-bond donors (Lipinski definition) is 1. The summed E-state index contributed by atoms with van der Waals surface area (Å²) in [6.07, 6.45) is 0. The third-order valence-corrected chi connectivity index (χ3v) is 2.71. The van der Waals surface area contributed by atoms with E-state index in [-0.39, 0.29) is 11.6 Å².